The highest BCUT2D eigenvalue weighted by atomic mass is 16.4. The molecular formula is C15H28N2O2. The zero-order chi connectivity index (χ0) is 14.0. The summed E-state index contributed by atoms with van der Waals surface area (Å²) < 4.78 is 0. The Morgan fingerprint density at radius 3 is 2.74 bits per heavy atom. The van der Waals surface area contributed by atoms with Crippen molar-refractivity contribution in [3.05, 3.63) is 0 Å². The molecule has 0 aromatic carbocycles. The first-order valence-corrected chi connectivity index (χ1v) is 7.74. The van der Waals surface area contributed by atoms with Gasteiger partial charge in [0, 0.05) is 18.1 Å². The van der Waals surface area contributed by atoms with Crippen molar-refractivity contribution >= 4 is 5.97 Å². The van der Waals surface area contributed by atoms with Crippen LogP contribution in [-0.2, 0) is 4.79 Å². The van der Waals surface area contributed by atoms with Gasteiger partial charge >= 0.3 is 5.97 Å². The molecule has 0 aromatic heterocycles. The fourth-order valence-electron chi connectivity index (χ4n) is 4.19. The van der Waals surface area contributed by atoms with E-state index in [2.05, 4.69) is 24.1 Å². The van der Waals surface area contributed by atoms with Gasteiger partial charge in [-0.15, -0.1) is 0 Å². The molecule has 2 rings (SSSR count). The first-order valence-electron chi connectivity index (χ1n) is 7.74. The van der Waals surface area contributed by atoms with E-state index in [-0.39, 0.29) is 0 Å². The average Bonchev–Trinajstić information content (AvgIpc) is 2.79. The highest BCUT2D eigenvalue weighted by molar-refractivity contribution is 5.79. The number of hydrogen-bond acceptors (Lipinski definition) is 3. The standard InChI is InChI=1S/C15H28N2O2/c1-4-12-8-7-11(2)17(12)13-6-5-9-15(10-13,16-3)14(18)19/h11-13,16H,4-10H2,1-3H3,(H,18,19). The third kappa shape index (κ3) is 2.65. The number of likely N-dealkylation sites (tertiary alicyclic amines) is 1. The minimum absolute atomic E-state index is 0.430. The molecule has 2 fully saturated rings. The van der Waals surface area contributed by atoms with E-state index in [9.17, 15) is 9.90 Å². The van der Waals surface area contributed by atoms with Crippen molar-refractivity contribution in [3.8, 4) is 0 Å². The average molecular weight is 268 g/mol. The van der Waals surface area contributed by atoms with Gasteiger partial charge in [-0.3, -0.25) is 9.69 Å². The number of likely N-dealkylation sites (N-methyl/N-ethyl adjacent to an activating group) is 1. The predicted octanol–water partition coefficient (Wildman–Crippen LogP) is 2.23. The van der Waals surface area contributed by atoms with Crippen molar-refractivity contribution in [1.29, 1.82) is 0 Å². The third-order valence-electron chi connectivity index (χ3n) is 5.35. The van der Waals surface area contributed by atoms with Gasteiger partial charge in [0.15, 0.2) is 0 Å². The summed E-state index contributed by atoms with van der Waals surface area (Å²) in [6, 6.07) is 1.69. The fraction of sp³-hybridized carbons (Fsp3) is 0.933. The van der Waals surface area contributed by atoms with Crippen LogP contribution in [0.2, 0.25) is 0 Å². The van der Waals surface area contributed by atoms with Crippen LogP contribution in [0, 0.1) is 0 Å². The summed E-state index contributed by atoms with van der Waals surface area (Å²) in [7, 11) is 1.79. The second-order valence-electron chi connectivity index (χ2n) is 6.32. The fourth-order valence-corrected chi connectivity index (χ4v) is 4.19. The van der Waals surface area contributed by atoms with Gasteiger partial charge in [0.1, 0.15) is 5.54 Å². The first kappa shape index (κ1) is 14.8. The van der Waals surface area contributed by atoms with Crippen LogP contribution in [0.4, 0.5) is 0 Å². The van der Waals surface area contributed by atoms with Crippen LogP contribution in [-0.4, -0.2) is 46.7 Å². The van der Waals surface area contributed by atoms with Crippen molar-refractivity contribution in [1.82, 2.24) is 10.2 Å². The van der Waals surface area contributed by atoms with Gasteiger partial charge in [-0.05, 0) is 58.9 Å². The second kappa shape index (κ2) is 5.80. The van der Waals surface area contributed by atoms with Crippen molar-refractivity contribution in [2.45, 2.75) is 82.5 Å². The smallest absolute Gasteiger partial charge is 0.323 e. The Kier molecular flexibility index (Phi) is 4.51. The SMILES string of the molecule is CCC1CCC(C)N1C1CCCC(NC)(C(=O)O)C1. The molecule has 2 aliphatic rings. The number of rotatable bonds is 4. The molecule has 4 unspecified atom stereocenters. The largest absolute Gasteiger partial charge is 0.480 e. The molecule has 19 heavy (non-hydrogen) atoms. The van der Waals surface area contributed by atoms with E-state index in [4.69, 9.17) is 0 Å². The summed E-state index contributed by atoms with van der Waals surface area (Å²) in [4.78, 5) is 14.2. The molecule has 4 heteroatoms. The lowest BCUT2D eigenvalue weighted by Gasteiger charge is -2.44. The van der Waals surface area contributed by atoms with Crippen molar-refractivity contribution in [2.75, 3.05) is 7.05 Å². The van der Waals surface area contributed by atoms with Crippen LogP contribution in [0.15, 0.2) is 0 Å². The molecule has 0 radical (unpaired) electrons. The van der Waals surface area contributed by atoms with Crippen molar-refractivity contribution in [2.24, 2.45) is 0 Å². The van der Waals surface area contributed by atoms with Gasteiger partial charge in [0.05, 0.1) is 0 Å². The number of nitrogens with one attached hydrogen (secondary N) is 1. The third-order valence-corrected chi connectivity index (χ3v) is 5.35. The van der Waals surface area contributed by atoms with E-state index < -0.39 is 11.5 Å². The van der Waals surface area contributed by atoms with Gasteiger partial charge < -0.3 is 10.4 Å². The number of carbonyl (C=O) groups is 1. The highest BCUT2D eigenvalue weighted by Gasteiger charge is 2.46. The molecule has 0 amide bonds. The van der Waals surface area contributed by atoms with Crippen LogP contribution < -0.4 is 5.32 Å². The van der Waals surface area contributed by atoms with Gasteiger partial charge in [-0.25, -0.2) is 0 Å². The molecule has 1 aliphatic heterocycles. The number of carboxylic acids is 1. The molecule has 0 aromatic rings. The zero-order valence-corrected chi connectivity index (χ0v) is 12.5. The topological polar surface area (TPSA) is 52.6 Å². The highest BCUT2D eigenvalue weighted by Crippen LogP contribution is 2.37. The zero-order valence-electron chi connectivity index (χ0n) is 12.5. The molecule has 4 atom stereocenters. The molecular weight excluding hydrogens is 240 g/mol. The molecule has 0 bridgehead atoms. The number of hydrogen-bond donors (Lipinski definition) is 2. The van der Waals surface area contributed by atoms with Gasteiger partial charge in [-0.1, -0.05) is 6.92 Å². The first-order chi connectivity index (χ1) is 9.04. The molecule has 2 N–H and O–H groups in total. The number of nitrogens with zero attached hydrogens (tertiary/aromatic N) is 1. The maximum Gasteiger partial charge on any atom is 0.323 e. The Bertz CT molecular complexity index is 334. The van der Waals surface area contributed by atoms with E-state index in [1.54, 1.807) is 7.05 Å². The van der Waals surface area contributed by atoms with Crippen LogP contribution in [0.25, 0.3) is 0 Å². The van der Waals surface area contributed by atoms with Crippen molar-refractivity contribution < 1.29 is 9.90 Å². The molecule has 1 saturated heterocycles. The quantitative estimate of drug-likeness (QED) is 0.821. The summed E-state index contributed by atoms with van der Waals surface area (Å²) in [5.74, 6) is -0.681. The molecule has 1 heterocycles. The van der Waals surface area contributed by atoms with E-state index >= 15 is 0 Å². The molecule has 4 nitrogen and oxygen atoms in total. The number of carboxylic acid groups (broad SMARTS) is 1. The van der Waals surface area contributed by atoms with Gasteiger partial charge in [0.25, 0.3) is 0 Å². The normalized spacial score (nSPS) is 40.5. The maximum atomic E-state index is 11.6. The Hall–Kier alpha value is -0.610. The van der Waals surface area contributed by atoms with E-state index in [1.807, 2.05) is 0 Å². The summed E-state index contributed by atoms with van der Waals surface area (Å²) in [5.41, 5.74) is -0.705. The van der Waals surface area contributed by atoms with Crippen LogP contribution in [0.3, 0.4) is 0 Å². The molecule has 1 saturated carbocycles. The molecule has 0 spiro atoms. The summed E-state index contributed by atoms with van der Waals surface area (Å²) in [6.45, 7) is 4.55. The predicted molar refractivity (Wildman–Crippen MR) is 76.3 cm³/mol. The Labute approximate surface area is 116 Å². The second-order valence-corrected chi connectivity index (χ2v) is 6.32. The number of aliphatic carboxylic acids is 1. The van der Waals surface area contributed by atoms with E-state index in [1.165, 1.54) is 19.3 Å². The minimum atomic E-state index is -0.705. The minimum Gasteiger partial charge on any atom is -0.480 e. The lowest BCUT2D eigenvalue weighted by molar-refractivity contribution is -0.147. The Morgan fingerprint density at radius 2 is 2.16 bits per heavy atom. The molecule has 1 aliphatic carbocycles. The summed E-state index contributed by atoms with van der Waals surface area (Å²) in [5, 5.41) is 12.6. The summed E-state index contributed by atoms with van der Waals surface area (Å²) >= 11 is 0. The Morgan fingerprint density at radius 1 is 1.42 bits per heavy atom. The summed E-state index contributed by atoms with van der Waals surface area (Å²) in [6.07, 6.45) is 7.38. The van der Waals surface area contributed by atoms with Crippen LogP contribution >= 0.6 is 0 Å². The van der Waals surface area contributed by atoms with Gasteiger partial charge in [-0.2, -0.15) is 0 Å². The van der Waals surface area contributed by atoms with Crippen LogP contribution in [0.5, 0.6) is 0 Å². The lowest BCUT2D eigenvalue weighted by atomic mass is 9.78. The lowest BCUT2D eigenvalue weighted by Crippen LogP contribution is -2.58. The maximum absolute atomic E-state index is 11.6. The molecule has 110 valence electrons. The van der Waals surface area contributed by atoms with E-state index in [0.717, 1.165) is 25.7 Å². The van der Waals surface area contributed by atoms with Crippen molar-refractivity contribution in [3.63, 3.8) is 0 Å². The monoisotopic (exact) mass is 268 g/mol. The van der Waals surface area contributed by atoms with E-state index in [0.29, 0.717) is 18.1 Å². The van der Waals surface area contributed by atoms with Gasteiger partial charge in [0.2, 0.25) is 0 Å². The van der Waals surface area contributed by atoms with Crippen LogP contribution in [0.1, 0.15) is 58.8 Å². The Balaban J connectivity index is 2.14.